The number of nitrogens with zero attached hydrogens (tertiary/aromatic N) is 6. The maximum Gasteiger partial charge on any atom is 0.280 e. The fourth-order valence-electron chi connectivity index (χ4n) is 5.59. The fourth-order valence-corrected chi connectivity index (χ4v) is 5.59. The van der Waals surface area contributed by atoms with Crippen molar-refractivity contribution in [2.75, 3.05) is 20.2 Å². The molecular weight excluding hydrogens is 454 g/mol. The third-order valence-corrected chi connectivity index (χ3v) is 7.57. The number of aryl methyl sites for hydroxylation is 1. The molecule has 1 unspecified atom stereocenters. The maximum atomic E-state index is 13.7. The molecule has 0 bridgehead atoms. The van der Waals surface area contributed by atoms with Crippen molar-refractivity contribution in [3.8, 4) is 5.82 Å². The van der Waals surface area contributed by atoms with Gasteiger partial charge in [-0.3, -0.25) is 14.3 Å². The van der Waals surface area contributed by atoms with Crippen molar-refractivity contribution in [2.45, 2.75) is 51.2 Å². The van der Waals surface area contributed by atoms with E-state index in [-0.39, 0.29) is 5.56 Å². The lowest BCUT2D eigenvalue weighted by molar-refractivity contribution is 0.126. The Balaban J connectivity index is 1.40. The van der Waals surface area contributed by atoms with Gasteiger partial charge in [0.2, 0.25) is 0 Å². The Morgan fingerprint density at radius 3 is 2.83 bits per heavy atom. The van der Waals surface area contributed by atoms with Gasteiger partial charge in [0, 0.05) is 50.7 Å². The summed E-state index contributed by atoms with van der Waals surface area (Å²) in [4.78, 5) is 24.3. The van der Waals surface area contributed by atoms with Crippen LogP contribution in [0.4, 0.5) is 0 Å². The van der Waals surface area contributed by atoms with E-state index in [0.29, 0.717) is 23.1 Å². The van der Waals surface area contributed by atoms with Gasteiger partial charge in [0.05, 0.1) is 0 Å². The van der Waals surface area contributed by atoms with E-state index >= 15 is 0 Å². The van der Waals surface area contributed by atoms with Crippen LogP contribution in [0.1, 0.15) is 67.3 Å². The second-order valence-electron chi connectivity index (χ2n) is 10.5. The second kappa shape index (κ2) is 9.29. The summed E-state index contributed by atoms with van der Waals surface area (Å²) in [5, 5.41) is 9.26. The Labute approximate surface area is 210 Å². The quantitative estimate of drug-likeness (QED) is 0.427. The van der Waals surface area contributed by atoms with E-state index in [0.717, 1.165) is 55.0 Å². The largest absolute Gasteiger partial charge is 0.369 e. The lowest BCUT2D eigenvalue weighted by Gasteiger charge is -2.30. The van der Waals surface area contributed by atoms with E-state index in [9.17, 15) is 4.79 Å². The summed E-state index contributed by atoms with van der Waals surface area (Å²) in [6.45, 7) is 5.39. The zero-order valence-electron chi connectivity index (χ0n) is 21.1. The summed E-state index contributed by atoms with van der Waals surface area (Å²) >= 11 is 0. The van der Waals surface area contributed by atoms with Gasteiger partial charge >= 0.3 is 0 Å². The summed E-state index contributed by atoms with van der Waals surface area (Å²) in [5.41, 5.74) is 3.79. The van der Waals surface area contributed by atoms with Gasteiger partial charge < -0.3 is 14.3 Å². The number of pyridine rings is 2. The normalized spacial score (nSPS) is 19.7. The number of piperidine rings is 1. The standard InChI is InChI=1S/C27H33N7O2/c1-17-5-4-10-33(13-17)14-20-12-21-22(18-6-7-18)15-34(27(35)24(21)30-20)23-11-19(8-9-28-23)25(36-3)26-31-29-16-32(26)2/h8-9,11-12,15-18,25,30H,4-7,10,13-14H2,1-3H3/t17-,25?/m0/s1. The van der Waals surface area contributed by atoms with Gasteiger partial charge in [-0.2, -0.15) is 0 Å². The first-order chi connectivity index (χ1) is 17.5. The number of H-pyrrole nitrogens is 1. The van der Waals surface area contributed by atoms with E-state index < -0.39 is 6.10 Å². The molecule has 2 aliphatic rings. The van der Waals surface area contributed by atoms with Crippen LogP contribution in [0.25, 0.3) is 16.7 Å². The number of fused-ring (bicyclic) bond motifs is 1. The SMILES string of the molecule is COC(c1ccnc(-n2cc(C3CC3)c3cc(CN4CCC[C@H](C)C4)[nH]c3c2=O)c1)c1nncn1C. The molecule has 2 atom stereocenters. The van der Waals surface area contributed by atoms with Crippen LogP contribution in [-0.4, -0.2) is 54.4 Å². The zero-order valence-corrected chi connectivity index (χ0v) is 21.1. The van der Waals surface area contributed by atoms with Crippen LogP contribution in [0.3, 0.4) is 0 Å². The number of rotatable bonds is 7. The van der Waals surface area contributed by atoms with Gasteiger partial charge in [-0.05, 0) is 73.4 Å². The molecule has 1 saturated carbocycles. The zero-order chi connectivity index (χ0) is 24.8. The molecule has 9 heteroatoms. The number of ether oxygens (including phenoxy) is 1. The molecule has 4 aromatic rings. The Hall–Kier alpha value is -3.30. The minimum atomic E-state index is -0.411. The predicted molar refractivity (Wildman–Crippen MR) is 137 cm³/mol. The van der Waals surface area contributed by atoms with Gasteiger partial charge in [0.25, 0.3) is 5.56 Å². The average Bonchev–Trinajstić information content (AvgIpc) is 3.49. The van der Waals surface area contributed by atoms with Crippen molar-refractivity contribution in [1.29, 1.82) is 0 Å². The number of nitrogens with one attached hydrogen (secondary N) is 1. The molecule has 1 aliphatic carbocycles. The van der Waals surface area contributed by atoms with Gasteiger partial charge in [-0.25, -0.2) is 4.98 Å². The number of aromatic nitrogens is 6. The van der Waals surface area contributed by atoms with Crippen molar-refractivity contribution in [2.24, 2.45) is 13.0 Å². The molecule has 5 heterocycles. The first-order valence-electron chi connectivity index (χ1n) is 12.8. The molecular formula is C27H33N7O2. The molecule has 1 saturated heterocycles. The van der Waals surface area contributed by atoms with Crippen molar-refractivity contribution in [3.63, 3.8) is 0 Å². The molecule has 1 aliphatic heterocycles. The summed E-state index contributed by atoms with van der Waals surface area (Å²) in [6, 6.07) is 6.00. The maximum absolute atomic E-state index is 13.7. The molecule has 0 radical (unpaired) electrons. The summed E-state index contributed by atoms with van der Waals surface area (Å²) < 4.78 is 9.28. The summed E-state index contributed by atoms with van der Waals surface area (Å²) in [6.07, 6.45) is 9.80. The van der Waals surface area contributed by atoms with E-state index in [2.05, 4.69) is 38.1 Å². The Morgan fingerprint density at radius 1 is 1.25 bits per heavy atom. The minimum Gasteiger partial charge on any atom is -0.369 e. The predicted octanol–water partition coefficient (Wildman–Crippen LogP) is 3.69. The molecule has 4 aromatic heterocycles. The lowest BCUT2D eigenvalue weighted by Crippen LogP contribution is -2.33. The molecule has 6 rings (SSSR count). The summed E-state index contributed by atoms with van der Waals surface area (Å²) in [5.74, 6) is 2.48. The lowest BCUT2D eigenvalue weighted by atomic mass is 10.0. The van der Waals surface area contributed by atoms with Crippen LogP contribution in [0.5, 0.6) is 0 Å². The highest BCUT2D eigenvalue weighted by Crippen LogP contribution is 2.43. The molecule has 9 nitrogen and oxygen atoms in total. The number of methoxy groups -OCH3 is 1. The molecule has 0 amide bonds. The monoisotopic (exact) mass is 487 g/mol. The highest BCUT2D eigenvalue weighted by Gasteiger charge is 2.29. The van der Waals surface area contributed by atoms with E-state index in [1.165, 1.54) is 18.4 Å². The van der Waals surface area contributed by atoms with Crippen LogP contribution in [0.2, 0.25) is 0 Å². The molecule has 0 aromatic carbocycles. The van der Waals surface area contributed by atoms with Crippen molar-refractivity contribution in [1.82, 2.24) is 34.2 Å². The summed E-state index contributed by atoms with van der Waals surface area (Å²) in [7, 11) is 3.53. The van der Waals surface area contributed by atoms with Crippen molar-refractivity contribution < 1.29 is 4.74 Å². The highest BCUT2D eigenvalue weighted by molar-refractivity contribution is 5.84. The van der Waals surface area contributed by atoms with E-state index in [1.807, 2.05) is 29.9 Å². The fraction of sp³-hybridized carbons (Fsp3) is 0.481. The van der Waals surface area contributed by atoms with Crippen LogP contribution in [-0.2, 0) is 18.3 Å². The Kier molecular flexibility index (Phi) is 5.97. The van der Waals surface area contributed by atoms with Gasteiger partial charge in [0.1, 0.15) is 23.8 Å². The minimum absolute atomic E-state index is 0.0788. The van der Waals surface area contributed by atoms with Crippen LogP contribution in [0.15, 0.2) is 41.7 Å². The smallest absolute Gasteiger partial charge is 0.280 e. The molecule has 1 N–H and O–H groups in total. The first-order valence-corrected chi connectivity index (χ1v) is 12.8. The first kappa shape index (κ1) is 23.1. The van der Waals surface area contributed by atoms with Crippen molar-refractivity contribution >= 4 is 10.9 Å². The van der Waals surface area contributed by atoms with E-state index in [4.69, 9.17) is 4.74 Å². The molecule has 0 spiro atoms. The Bertz CT molecular complexity index is 1450. The van der Waals surface area contributed by atoms with Gasteiger partial charge in [-0.15, -0.1) is 10.2 Å². The highest BCUT2D eigenvalue weighted by atomic mass is 16.5. The average molecular weight is 488 g/mol. The van der Waals surface area contributed by atoms with E-state index in [1.54, 1.807) is 24.2 Å². The van der Waals surface area contributed by atoms with Gasteiger partial charge in [-0.1, -0.05) is 6.92 Å². The van der Waals surface area contributed by atoms with Crippen LogP contribution < -0.4 is 5.56 Å². The third kappa shape index (κ3) is 4.26. The topological polar surface area (TPSA) is 93.9 Å². The number of hydrogen-bond donors (Lipinski definition) is 1. The van der Waals surface area contributed by atoms with Crippen molar-refractivity contribution in [3.05, 3.63) is 69.9 Å². The molecule has 36 heavy (non-hydrogen) atoms. The number of hydrogen-bond acceptors (Lipinski definition) is 6. The second-order valence-corrected chi connectivity index (χ2v) is 10.5. The van der Waals surface area contributed by atoms with Crippen LogP contribution >= 0.6 is 0 Å². The number of aromatic amines is 1. The number of likely N-dealkylation sites (tertiary alicyclic amines) is 1. The third-order valence-electron chi connectivity index (χ3n) is 7.57. The molecule has 2 fully saturated rings. The Morgan fingerprint density at radius 2 is 2.11 bits per heavy atom. The van der Waals surface area contributed by atoms with Crippen LogP contribution in [0, 0.1) is 5.92 Å². The molecule has 188 valence electrons. The van der Waals surface area contributed by atoms with Gasteiger partial charge in [0.15, 0.2) is 5.82 Å².